The predicted molar refractivity (Wildman–Crippen MR) is 84.6 cm³/mol. The molecule has 1 heterocycles. The molecule has 0 aliphatic rings. The van der Waals surface area contributed by atoms with Crippen LogP contribution in [0, 0.1) is 0 Å². The Morgan fingerprint density at radius 2 is 2.25 bits per heavy atom. The van der Waals surface area contributed by atoms with Crippen molar-refractivity contribution in [1.82, 2.24) is 9.88 Å². The Bertz CT molecular complexity index is 514. The number of nitrogens with zero attached hydrogens (tertiary/aromatic N) is 2. The number of aromatic nitrogens is 1. The van der Waals surface area contributed by atoms with E-state index in [0.717, 1.165) is 23.0 Å². The van der Waals surface area contributed by atoms with E-state index in [9.17, 15) is 0 Å². The Morgan fingerprint density at radius 1 is 1.40 bits per heavy atom. The summed E-state index contributed by atoms with van der Waals surface area (Å²) in [6.45, 7) is 3.71. The van der Waals surface area contributed by atoms with Gasteiger partial charge in [0.15, 0.2) is 0 Å². The lowest BCUT2D eigenvalue weighted by Crippen LogP contribution is -2.19. The maximum Gasteiger partial charge on any atom is 0.121 e. The molecule has 0 bridgehead atoms. The average molecular weight is 291 g/mol. The van der Waals surface area contributed by atoms with Gasteiger partial charge in [0.1, 0.15) is 17.4 Å². The van der Waals surface area contributed by atoms with Crippen LogP contribution in [-0.2, 0) is 0 Å². The molecule has 20 heavy (non-hydrogen) atoms. The van der Waals surface area contributed by atoms with Gasteiger partial charge in [0.05, 0.1) is 6.04 Å². The normalized spacial score (nSPS) is 12.4. The first-order valence-electron chi connectivity index (χ1n) is 6.68. The summed E-state index contributed by atoms with van der Waals surface area (Å²) in [7, 11) is 4.08. The predicted octanol–water partition coefficient (Wildman–Crippen LogP) is 3.26. The molecule has 1 atom stereocenters. The zero-order valence-corrected chi connectivity index (χ0v) is 13.0. The maximum absolute atomic E-state index is 5.74. The van der Waals surface area contributed by atoms with Crippen molar-refractivity contribution in [3.05, 3.63) is 40.8 Å². The Hall–Kier alpha value is -1.59. The van der Waals surface area contributed by atoms with Crippen LogP contribution in [0.25, 0.3) is 0 Å². The molecule has 2 aromatic rings. The molecule has 1 unspecified atom stereocenters. The number of likely N-dealkylation sites (N-methyl/N-ethyl adjacent to an activating group) is 1. The molecule has 0 saturated carbocycles. The van der Waals surface area contributed by atoms with Crippen LogP contribution >= 0.6 is 11.3 Å². The molecular formula is C15H21N3OS. The van der Waals surface area contributed by atoms with Crippen LogP contribution in [0.3, 0.4) is 0 Å². The highest BCUT2D eigenvalue weighted by Crippen LogP contribution is 2.23. The number of ether oxygens (including phenoxy) is 1. The van der Waals surface area contributed by atoms with Crippen LogP contribution < -0.4 is 10.1 Å². The van der Waals surface area contributed by atoms with E-state index in [0.29, 0.717) is 6.61 Å². The zero-order valence-electron chi connectivity index (χ0n) is 12.2. The summed E-state index contributed by atoms with van der Waals surface area (Å²) in [6, 6.07) is 8.26. The minimum Gasteiger partial charge on any atom is -0.492 e. The van der Waals surface area contributed by atoms with Crippen LogP contribution in [0.2, 0.25) is 0 Å². The highest BCUT2D eigenvalue weighted by molar-refractivity contribution is 7.09. The monoisotopic (exact) mass is 291 g/mol. The van der Waals surface area contributed by atoms with Crippen molar-refractivity contribution in [2.75, 3.05) is 32.6 Å². The summed E-state index contributed by atoms with van der Waals surface area (Å²) in [5, 5.41) is 6.52. The number of rotatable bonds is 7. The summed E-state index contributed by atoms with van der Waals surface area (Å²) < 4.78 is 5.74. The lowest BCUT2D eigenvalue weighted by atomic mass is 10.2. The van der Waals surface area contributed by atoms with Gasteiger partial charge >= 0.3 is 0 Å². The van der Waals surface area contributed by atoms with Crippen molar-refractivity contribution in [2.24, 2.45) is 0 Å². The van der Waals surface area contributed by atoms with E-state index in [1.165, 1.54) is 0 Å². The van der Waals surface area contributed by atoms with Crippen LogP contribution in [0.5, 0.6) is 5.75 Å². The Balaban J connectivity index is 1.92. The SMILES string of the molecule is CC(Nc1cccc(OCCN(C)C)c1)c1nccs1. The largest absolute Gasteiger partial charge is 0.492 e. The van der Waals surface area contributed by atoms with Crippen LogP contribution in [0.4, 0.5) is 5.69 Å². The van der Waals surface area contributed by atoms with Gasteiger partial charge in [-0.1, -0.05) is 6.07 Å². The number of nitrogens with one attached hydrogen (secondary N) is 1. The Labute approximate surface area is 124 Å². The molecule has 0 fully saturated rings. The van der Waals surface area contributed by atoms with Crippen molar-refractivity contribution in [3.8, 4) is 5.75 Å². The standard InChI is InChI=1S/C15H21N3OS/c1-12(15-16-7-10-20-15)17-13-5-4-6-14(11-13)19-9-8-18(2)3/h4-7,10-12,17H,8-9H2,1-3H3. The molecule has 0 radical (unpaired) electrons. The second-order valence-electron chi connectivity index (χ2n) is 4.92. The van der Waals surface area contributed by atoms with E-state index in [-0.39, 0.29) is 6.04 Å². The topological polar surface area (TPSA) is 37.4 Å². The molecule has 0 spiro atoms. The molecule has 0 saturated heterocycles. The fourth-order valence-electron chi connectivity index (χ4n) is 1.78. The first-order chi connectivity index (χ1) is 9.65. The smallest absolute Gasteiger partial charge is 0.121 e. The van der Waals surface area contributed by atoms with Gasteiger partial charge in [0.25, 0.3) is 0 Å². The van der Waals surface area contributed by atoms with Gasteiger partial charge < -0.3 is 15.0 Å². The summed E-state index contributed by atoms with van der Waals surface area (Å²) >= 11 is 1.66. The van der Waals surface area contributed by atoms with Crippen LogP contribution in [0.15, 0.2) is 35.8 Å². The Morgan fingerprint density at radius 3 is 2.95 bits per heavy atom. The average Bonchev–Trinajstić information content (AvgIpc) is 2.92. The van der Waals surface area contributed by atoms with Gasteiger partial charge in [-0.3, -0.25) is 0 Å². The van der Waals surface area contributed by atoms with Crippen LogP contribution in [-0.4, -0.2) is 37.1 Å². The number of hydrogen-bond donors (Lipinski definition) is 1. The first-order valence-corrected chi connectivity index (χ1v) is 7.56. The van der Waals surface area contributed by atoms with Gasteiger partial charge in [0.2, 0.25) is 0 Å². The third-order valence-corrected chi connectivity index (χ3v) is 3.80. The van der Waals surface area contributed by atoms with Gasteiger partial charge in [-0.2, -0.15) is 0 Å². The van der Waals surface area contributed by atoms with Gasteiger partial charge in [-0.15, -0.1) is 11.3 Å². The summed E-state index contributed by atoms with van der Waals surface area (Å²) in [4.78, 5) is 6.43. The number of hydrogen-bond acceptors (Lipinski definition) is 5. The molecule has 108 valence electrons. The fraction of sp³-hybridized carbons (Fsp3) is 0.400. The third-order valence-electron chi connectivity index (χ3n) is 2.85. The van der Waals surface area contributed by atoms with E-state index in [1.807, 2.05) is 49.9 Å². The zero-order chi connectivity index (χ0) is 14.4. The van der Waals surface area contributed by atoms with Crippen molar-refractivity contribution >= 4 is 17.0 Å². The number of anilines is 1. The highest BCUT2D eigenvalue weighted by Gasteiger charge is 2.08. The number of benzene rings is 1. The van der Waals surface area contributed by atoms with Gasteiger partial charge in [-0.05, 0) is 33.2 Å². The second kappa shape index (κ2) is 7.26. The summed E-state index contributed by atoms with van der Waals surface area (Å²) in [5.74, 6) is 0.892. The molecule has 0 aliphatic heterocycles. The summed E-state index contributed by atoms with van der Waals surface area (Å²) in [5.41, 5.74) is 1.05. The van der Waals surface area contributed by atoms with Crippen LogP contribution in [0.1, 0.15) is 18.0 Å². The minimum atomic E-state index is 0.201. The van der Waals surface area contributed by atoms with E-state index >= 15 is 0 Å². The molecule has 0 aliphatic carbocycles. The minimum absolute atomic E-state index is 0.201. The van der Waals surface area contributed by atoms with E-state index < -0.39 is 0 Å². The molecule has 1 N–H and O–H groups in total. The quantitative estimate of drug-likeness (QED) is 0.849. The molecule has 1 aromatic heterocycles. The number of thiazole rings is 1. The van der Waals surface area contributed by atoms with Crippen molar-refractivity contribution in [2.45, 2.75) is 13.0 Å². The lowest BCUT2D eigenvalue weighted by molar-refractivity contribution is 0.261. The van der Waals surface area contributed by atoms with Gasteiger partial charge in [-0.25, -0.2) is 4.98 Å². The molecule has 4 nitrogen and oxygen atoms in total. The molecular weight excluding hydrogens is 270 g/mol. The Kier molecular flexibility index (Phi) is 5.38. The second-order valence-corrected chi connectivity index (χ2v) is 5.84. The van der Waals surface area contributed by atoms with Gasteiger partial charge in [0, 0.05) is 29.9 Å². The summed E-state index contributed by atoms with van der Waals surface area (Å²) in [6.07, 6.45) is 1.83. The maximum atomic E-state index is 5.74. The van der Waals surface area contributed by atoms with E-state index in [4.69, 9.17) is 4.74 Å². The van der Waals surface area contributed by atoms with E-state index in [2.05, 4.69) is 22.1 Å². The molecule has 2 rings (SSSR count). The highest BCUT2D eigenvalue weighted by atomic mass is 32.1. The van der Waals surface area contributed by atoms with Crippen molar-refractivity contribution in [1.29, 1.82) is 0 Å². The molecule has 5 heteroatoms. The fourth-order valence-corrected chi connectivity index (χ4v) is 2.43. The molecule has 0 amide bonds. The first kappa shape index (κ1) is 14.8. The molecule has 1 aromatic carbocycles. The lowest BCUT2D eigenvalue weighted by Gasteiger charge is -2.15. The van der Waals surface area contributed by atoms with Crippen molar-refractivity contribution in [3.63, 3.8) is 0 Å². The van der Waals surface area contributed by atoms with Crippen molar-refractivity contribution < 1.29 is 4.74 Å². The third kappa shape index (κ3) is 4.51. The van der Waals surface area contributed by atoms with E-state index in [1.54, 1.807) is 11.3 Å².